The number of hydrogen-bond acceptors (Lipinski definition) is 1. The highest BCUT2D eigenvalue weighted by Gasteiger charge is 2.04. The molecule has 0 aliphatic heterocycles. The third-order valence-electron chi connectivity index (χ3n) is 2.60. The van der Waals surface area contributed by atoms with Gasteiger partial charge in [-0.1, -0.05) is 53.6 Å². The minimum absolute atomic E-state index is 0.522. The lowest BCUT2D eigenvalue weighted by Crippen LogP contribution is -1.95. The first-order chi connectivity index (χ1) is 7.70. The molecule has 1 nitrogen and oxygen atoms in total. The minimum Gasteiger partial charge on any atom is -0.326 e. The molecule has 0 spiro atoms. The van der Waals surface area contributed by atoms with E-state index in [-0.39, 0.29) is 0 Å². The number of rotatable bonds is 2. The van der Waals surface area contributed by atoms with Crippen LogP contribution in [0.4, 0.5) is 0 Å². The van der Waals surface area contributed by atoms with Crippen molar-refractivity contribution in [3.8, 4) is 11.1 Å². The van der Waals surface area contributed by atoms with Gasteiger partial charge in [-0.25, -0.2) is 0 Å². The quantitative estimate of drug-likeness (QED) is 0.837. The zero-order valence-electron chi connectivity index (χ0n) is 9.20. The van der Waals surface area contributed by atoms with Gasteiger partial charge in [-0.2, -0.15) is 0 Å². The van der Waals surface area contributed by atoms with E-state index in [2.05, 4.69) is 25.1 Å². The van der Waals surface area contributed by atoms with Gasteiger partial charge >= 0.3 is 0 Å². The highest BCUT2D eigenvalue weighted by atomic mass is 35.5. The van der Waals surface area contributed by atoms with Crippen LogP contribution in [0.3, 0.4) is 0 Å². The number of benzene rings is 2. The highest BCUT2D eigenvalue weighted by molar-refractivity contribution is 6.33. The summed E-state index contributed by atoms with van der Waals surface area (Å²) in [5.41, 5.74) is 10.1. The number of halogens is 1. The molecule has 2 aromatic rings. The van der Waals surface area contributed by atoms with Crippen LogP contribution in [0.1, 0.15) is 11.1 Å². The molecule has 2 rings (SSSR count). The summed E-state index contributed by atoms with van der Waals surface area (Å²) in [6.07, 6.45) is 0. The van der Waals surface area contributed by atoms with Crippen molar-refractivity contribution in [2.75, 3.05) is 0 Å². The van der Waals surface area contributed by atoms with Crippen molar-refractivity contribution in [1.29, 1.82) is 0 Å². The fraction of sp³-hybridized carbons (Fsp3) is 0.143. The third-order valence-corrected chi connectivity index (χ3v) is 2.91. The van der Waals surface area contributed by atoms with Crippen LogP contribution in [0.25, 0.3) is 11.1 Å². The monoisotopic (exact) mass is 231 g/mol. The second-order valence-electron chi connectivity index (χ2n) is 3.89. The molecule has 0 atom stereocenters. The SMILES string of the molecule is Cc1cccc(-c2ccc(CN)cc2Cl)c1. The molecule has 0 heterocycles. The Morgan fingerprint density at radius 1 is 1.12 bits per heavy atom. The summed E-state index contributed by atoms with van der Waals surface area (Å²) < 4.78 is 0. The van der Waals surface area contributed by atoms with E-state index in [1.165, 1.54) is 5.56 Å². The van der Waals surface area contributed by atoms with E-state index in [9.17, 15) is 0 Å². The normalized spacial score (nSPS) is 10.4. The average molecular weight is 232 g/mol. The van der Waals surface area contributed by atoms with Gasteiger partial charge in [-0.15, -0.1) is 0 Å². The van der Waals surface area contributed by atoms with E-state index in [0.717, 1.165) is 21.7 Å². The fourth-order valence-electron chi connectivity index (χ4n) is 1.73. The van der Waals surface area contributed by atoms with Crippen molar-refractivity contribution >= 4 is 11.6 Å². The lowest BCUT2D eigenvalue weighted by atomic mass is 10.0. The maximum absolute atomic E-state index is 6.24. The molecule has 0 saturated carbocycles. The molecule has 0 unspecified atom stereocenters. The molecular formula is C14H14ClN. The van der Waals surface area contributed by atoms with Crippen LogP contribution in [0, 0.1) is 6.92 Å². The van der Waals surface area contributed by atoms with Crippen molar-refractivity contribution in [2.45, 2.75) is 13.5 Å². The molecule has 0 amide bonds. The van der Waals surface area contributed by atoms with Gasteiger partial charge in [0.25, 0.3) is 0 Å². The van der Waals surface area contributed by atoms with Crippen molar-refractivity contribution < 1.29 is 0 Å². The van der Waals surface area contributed by atoms with E-state index < -0.39 is 0 Å². The molecule has 0 aliphatic rings. The summed E-state index contributed by atoms with van der Waals surface area (Å²) in [5, 5.41) is 0.758. The van der Waals surface area contributed by atoms with E-state index in [1.807, 2.05) is 24.3 Å². The Balaban J connectivity index is 2.48. The molecule has 16 heavy (non-hydrogen) atoms. The van der Waals surface area contributed by atoms with Gasteiger partial charge in [0.15, 0.2) is 0 Å². The smallest absolute Gasteiger partial charge is 0.0487 e. The number of hydrogen-bond donors (Lipinski definition) is 1. The Hall–Kier alpha value is -1.31. The second-order valence-corrected chi connectivity index (χ2v) is 4.30. The molecule has 0 radical (unpaired) electrons. The summed E-state index contributed by atoms with van der Waals surface area (Å²) >= 11 is 6.24. The van der Waals surface area contributed by atoms with Gasteiger partial charge < -0.3 is 5.73 Å². The topological polar surface area (TPSA) is 26.0 Å². The molecule has 82 valence electrons. The standard InChI is InChI=1S/C14H14ClN/c1-10-3-2-4-12(7-10)13-6-5-11(9-16)8-14(13)15/h2-8H,9,16H2,1H3. The summed E-state index contributed by atoms with van der Waals surface area (Å²) in [4.78, 5) is 0. The van der Waals surface area contributed by atoms with Gasteiger partial charge in [0, 0.05) is 17.1 Å². The summed E-state index contributed by atoms with van der Waals surface area (Å²) in [7, 11) is 0. The molecular weight excluding hydrogens is 218 g/mol. The van der Waals surface area contributed by atoms with E-state index in [0.29, 0.717) is 6.54 Å². The van der Waals surface area contributed by atoms with Crippen LogP contribution >= 0.6 is 11.6 Å². The van der Waals surface area contributed by atoms with Gasteiger partial charge in [-0.05, 0) is 24.1 Å². The highest BCUT2D eigenvalue weighted by Crippen LogP contribution is 2.29. The van der Waals surface area contributed by atoms with E-state index in [4.69, 9.17) is 17.3 Å². The molecule has 2 N–H and O–H groups in total. The predicted octanol–water partition coefficient (Wildman–Crippen LogP) is 3.77. The van der Waals surface area contributed by atoms with E-state index in [1.54, 1.807) is 0 Å². The molecule has 0 saturated heterocycles. The molecule has 2 aromatic carbocycles. The molecule has 0 aromatic heterocycles. The summed E-state index contributed by atoms with van der Waals surface area (Å²) in [5.74, 6) is 0. The van der Waals surface area contributed by atoms with Crippen molar-refractivity contribution in [3.05, 3.63) is 58.6 Å². The predicted molar refractivity (Wildman–Crippen MR) is 69.5 cm³/mol. The Kier molecular flexibility index (Phi) is 3.28. The van der Waals surface area contributed by atoms with Crippen LogP contribution < -0.4 is 5.73 Å². The Morgan fingerprint density at radius 2 is 1.94 bits per heavy atom. The summed E-state index contributed by atoms with van der Waals surface area (Å²) in [6.45, 7) is 2.60. The average Bonchev–Trinajstić information content (AvgIpc) is 2.28. The molecule has 0 bridgehead atoms. The van der Waals surface area contributed by atoms with Gasteiger partial charge in [0.05, 0.1) is 0 Å². The molecule has 0 fully saturated rings. The lowest BCUT2D eigenvalue weighted by molar-refractivity contribution is 1.07. The van der Waals surface area contributed by atoms with Crippen molar-refractivity contribution in [2.24, 2.45) is 5.73 Å². The number of nitrogens with two attached hydrogens (primary N) is 1. The largest absolute Gasteiger partial charge is 0.326 e. The minimum atomic E-state index is 0.522. The van der Waals surface area contributed by atoms with Crippen molar-refractivity contribution in [3.63, 3.8) is 0 Å². The third kappa shape index (κ3) is 2.26. The first kappa shape index (κ1) is 11.2. The Bertz CT molecular complexity index is 506. The first-order valence-electron chi connectivity index (χ1n) is 5.26. The maximum atomic E-state index is 6.24. The second kappa shape index (κ2) is 4.69. The Labute approximate surface area is 101 Å². The Morgan fingerprint density at radius 3 is 2.56 bits per heavy atom. The van der Waals surface area contributed by atoms with Crippen LogP contribution in [-0.2, 0) is 6.54 Å². The molecule has 0 aliphatic carbocycles. The maximum Gasteiger partial charge on any atom is 0.0487 e. The summed E-state index contributed by atoms with van der Waals surface area (Å²) in [6, 6.07) is 14.3. The zero-order chi connectivity index (χ0) is 11.5. The van der Waals surface area contributed by atoms with Crippen LogP contribution in [0.15, 0.2) is 42.5 Å². The van der Waals surface area contributed by atoms with Crippen LogP contribution in [0.2, 0.25) is 5.02 Å². The fourth-order valence-corrected chi connectivity index (χ4v) is 2.04. The number of aryl methyl sites for hydroxylation is 1. The lowest BCUT2D eigenvalue weighted by Gasteiger charge is -2.07. The van der Waals surface area contributed by atoms with Gasteiger partial charge in [0.2, 0.25) is 0 Å². The van der Waals surface area contributed by atoms with Crippen LogP contribution in [0.5, 0.6) is 0 Å². The van der Waals surface area contributed by atoms with E-state index >= 15 is 0 Å². The zero-order valence-corrected chi connectivity index (χ0v) is 9.96. The van der Waals surface area contributed by atoms with Crippen LogP contribution in [-0.4, -0.2) is 0 Å². The van der Waals surface area contributed by atoms with Gasteiger partial charge in [-0.3, -0.25) is 0 Å². The first-order valence-corrected chi connectivity index (χ1v) is 5.64. The van der Waals surface area contributed by atoms with Crippen molar-refractivity contribution in [1.82, 2.24) is 0 Å². The molecule has 2 heteroatoms. The van der Waals surface area contributed by atoms with Gasteiger partial charge in [0.1, 0.15) is 0 Å².